The van der Waals surface area contributed by atoms with Crippen LogP contribution in [0.4, 0.5) is 14.6 Å². The standard InChI is InChI=1S/C32H44F2N7OP/c1-19-21(15-27(29(19)43-4)41-14-12-24-30(37-23-9-10-23)35-18-36-31(24)41)17-40(20(2)42)13-6-5-7-28-38-25-11-8-22(32(3,33)34)16-26(25)39-28/h8,11-12,14,16,18-21,23,27,29,42-43H,5-7,9-10,13,15,17H2,1-4H3,(H,38,39)(H,35,36,37). The molecule has 4 aromatic rings. The molecule has 2 aliphatic carbocycles. The van der Waals surface area contributed by atoms with Gasteiger partial charge in [0, 0.05) is 50.3 Å². The molecule has 6 unspecified atom stereocenters. The number of aliphatic hydroxyl groups excluding tert-OH is 1. The number of halogens is 2. The molecule has 8 nitrogen and oxygen atoms in total. The van der Waals surface area contributed by atoms with E-state index in [9.17, 15) is 13.9 Å². The lowest BCUT2D eigenvalue weighted by molar-refractivity contribution is 0.00389. The average Bonchev–Trinajstić information content (AvgIpc) is 3.39. The summed E-state index contributed by atoms with van der Waals surface area (Å²) in [6.07, 6.45) is 9.38. The highest BCUT2D eigenvalue weighted by atomic mass is 31.1. The van der Waals surface area contributed by atoms with Crippen LogP contribution in [0, 0.1) is 11.8 Å². The van der Waals surface area contributed by atoms with Crippen LogP contribution in [0.2, 0.25) is 0 Å². The number of imidazole rings is 1. The number of anilines is 1. The minimum absolute atomic E-state index is 0.00873. The van der Waals surface area contributed by atoms with E-state index < -0.39 is 12.2 Å². The van der Waals surface area contributed by atoms with E-state index in [0.29, 0.717) is 40.6 Å². The van der Waals surface area contributed by atoms with E-state index in [2.05, 4.69) is 55.6 Å². The van der Waals surface area contributed by atoms with Gasteiger partial charge in [0.05, 0.1) is 16.4 Å². The van der Waals surface area contributed by atoms with Gasteiger partial charge in [0.2, 0.25) is 0 Å². The molecule has 1 aromatic carbocycles. The number of rotatable bonds is 13. The third-order valence-electron chi connectivity index (χ3n) is 9.53. The number of nitrogens with one attached hydrogen (secondary N) is 2. The van der Waals surface area contributed by atoms with Crippen LogP contribution in [0.3, 0.4) is 0 Å². The van der Waals surface area contributed by atoms with E-state index >= 15 is 0 Å². The highest BCUT2D eigenvalue weighted by Gasteiger charge is 2.42. The van der Waals surface area contributed by atoms with E-state index in [1.54, 1.807) is 12.4 Å². The van der Waals surface area contributed by atoms with Gasteiger partial charge >= 0.3 is 0 Å². The molecular formula is C32H44F2N7OP. The summed E-state index contributed by atoms with van der Waals surface area (Å²) in [6, 6.07) is 7.68. The number of benzene rings is 1. The number of hydrogen-bond acceptors (Lipinski definition) is 6. The zero-order valence-corrected chi connectivity index (χ0v) is 26.5. The number of aromatic amines is 1. The second-order valence-corrected chi connectivity index (χ2v) is 14.0. The Kier molecular flexibility index (Phi) is 8.73. The summed E-state index contributed by atoms with van der Waals surface area (Å²) in [6.45, 7) is 9.13. The van der Waals surface area contributed by atoms with Crippen LogP contribution in [0.1, 0.15) is 70.3 Å². The quantitative estimate of drug-likeness (QED) is 0.0904. The van der Waals surface area contributed by atoms with Crippen molar-refractivity contribution in [1.29, 1.82) is 0 Å². The highest BCUT2D eigenvalue weighted by Crippen LogP contribution is 2.49. The number of aliphatic hydroxyl groups is 1. The van der Waals surface area contributed by atoms with E-state index in [-0.39, 0.29) is 5.56 Å². The second-order valence-electron chi connectivity index (χ2n) is 12.7. The van der Waals surface area contributed by atoms with Gasteiger partial charge in [-0.05, 0) is 81.4 Å². The van der Waals surface area contributed by atoms with Gasteiger partial charge in [-0.15, -0.1) is 8.58 Å². The number of unbranched alkanes of at least 4 members (excludes halogenated alkanes) is 1. The minimum atomic E-state index is -2.88. The summed E-state index contributed by atoms with van der Waals surface area (Å²) >= 11 is 0. The summed E-state index contributed by atoms with van der Waals surface area (Å²) in [5.41, 5.74) is 2.92. The predicted octanol–water partition coefficient (Wildman–Crippen LogP) is 6.53. The van der Waals surface area contributed by atoms with Gasteiger partial charge < -0.3 is 20.0 Å². The number of fused-ring (bicyclic) bond motifs is 2. The Morgan fingerprint density at radius 2 is 2.05 bits per heavy atom. The van der Waals surface area contributed by atoms with Crippen LogP contribution in [-0.2, 0) is 12.3 Å². The monoisotopic (exact) mass is 611 g/mol. The predicted molar refractivity (Wildman–Crippen MR) is 170 cm³/mol. The van der Waals surface area contributed by atoms with E-state index in [4.69, 9.17) is 4.98 Å². The summed E-state index contributed by atoms with van der Waals surface area (Å²) in [5, 5.41) is 15.4. The molecule has 3 heterocycles. The Morgan fingerprint density at radius 1 is 1.23 bits per heavy atom. The van der Waals surface area contributed by atoms with Gasteiger partial charge in [0.25, 0.3) is 5.92 Å². The van der Waals surface area contributed by atoms with Crippen molar-refractivity contribution in [2.45, 2.75) is 89.2 Å². The minimum Gasteiger partial charge on any atom is -0.379 e. The number of aryl methyl sites for hydroxylation is 1. The zero-order valence-electron chi connectivity index (χ0n) is 25.5. The van der Waals surface area contributed by atoms with E-state index in [1.807, 2.05) is 6.92 Å². The van der Waals surface area contributed by atoms with Crippen LogP contribution in [0.25, 0.3) is 22.1 Å². The van der Waals surface area contributed by atoms with Gasteiger partial charge in [0.1, 0.15) is 29.8 Å². The van der Waals surface area contributed by atoms with Crippen molar-refractivity contribution in [3.63, 3.8) is 0 Å². The van der Waals surface area contributed by atoms with Gasteiger partial charge in [-0.2, -0.15) is 0 Å². The molecule has 0 spiro atoms. The molecule has 6 atom stereocenters. The zero-order chi connectivity index (χ0) is 30.3. The van der Waals surface area contributed by atoms with Crippen LogP contribution in [-0.4, -0.2) is 72.2 Å². The van der Waals surface area contributed by atoms with Crippen molar-refractivity contribution in [2.24, 2.45) is 11.8 Å². The van der Waals surface area contributed by atoms with E-state index in [0.717, 1.165) is 77.0 Å². The first kappa shape index (κ1) is 30.4. The number of aromatic nitrogens is 5. The molecule has 0 saturated heterocycles. The Balaban J connectivity index is 1.08. The molecule has 11 heteroatoms. The summed E-state index contributed by atoms with van der Waals surface area (Å²) < 4.78 is 29.8. The topological polar surface area (TPSA) is 94.9 Å². The van der Waals surface area contributed by atoms with Crippen LogP contribution >= 0.6 is 8.58 Å². The molecule has 0 bridgehead atoms. The summed E-state index contributed by atoms with van der Waals surface area (Å²) in [7, 11) is 0.825. The third kappa shape index (κ3) is 6.57. The van der Waals surface area contributed by atoms with Crippen molar-refractivity contribution >= 4 is 36.5 Å². The first-order valence-corrected chi connectivity index (χ1v) is 17.2. The van der Waals surface area contributed by atoms with Crippen molar-refractivity contribution in [2.75, 3.05) is 25.1 Å². The lowest BCUT2D eigenvalue weighted by Gasteiger charge is -2.30. The van der Waals surface area contributed by atoms with Crippen LogP contribution in [0.15, 0.2) is 36.8 Å². The van der Waals surface area contributed by atoms with Gasteiger partial charge in [-0.1, -0.05) is 13.0 Å². The fraction of sp³-hybridized carbons (Fsp3) is 0.594. The molecular weight excluding hydrogens is 567 g/mol. The second kappa shape index (κ2) is 12.4. The number of H-pyrrole nitrogens is 1. The van der Waals surface area contributed by atoms with Gasteiger partial charge in [-0.3, -0.25) is 4.90 Å². The van der Waals surface area contributed by atoms with Crippen LogP contribution in [0.5, 0.6) is 0 Å². The third-order valence-corrected chi connectivity index (χ3v) is 11.1. The molecule has 2 saturated carbocycles. The Hall–Kier alpha value is -2.68. The molecule has 3 aromatic heterocycles. The highest BCUT2D eigenvalue weighted by molar-refractivity contribution is 7.38. The average molecular weight is 612 g/mol. The first-order chi connectivity index (χ1) is 20.6. The molecule has 2 aliphatic rings. The Bertz CT molecular complexity index is 1550. The van der Waals surface area contributed by atoms with Crippen molar-refractivity contribution in [3.05, 3.63) is 48.2 Å². The van der Waals surface area contributed by atoms with Crippen LogP contribution < -0.4 is 5.32 Å². The number of alkyl halides is 2. The first-order valence-electron chi connectivity index (χ1n) is 15.7. The lowest BCUT2D eigenvalue weighted by Crippen LogP contribution is -2.38. The molecule has 0 amide bonds. The normalized spacial score (nSPS) is 23.8. The maximum Gasteiger partial charge on any atom is 0.270 e. The van der Waals surface area contributed by atoms with Crippen molar-refractivity contribution in [1.82, 2.24) is 29.4 Å². The molecule has 232 valence electrons. The molecule has 0 aliphatic heterocycles. The Labute approximate surface area is 253 Å². The fourth-order valence-electron chi connectivity index (χ4n) is 6.87. The van der Waals surface area contributed by atoms with Gasteiger partial charge in [-0.25, -0.2) is 23.7 Å². The maximum atomic E-state index is 13.7. The molecule has 6 rings (SSSR count). The smallest absolute Gasteiger partial charge is 0.270 e. The lowest BCUT2D eigenvalue weighted by atomic mass is 9.97. The van der Waals surface area contributed by atoms with E-state index in [1.165, 1.54) is 25.0 Å². The maximum absolute atomic E-state index is 13.7. The number of hydrogen-bond donors (Lipinski definition) is 3. The molecule has 2 fully saturated rings. The van der Waals surface area contributed by atoms with Crippen molar-refractivity contribution < 1.29 is 13.9 Å². The largest absolute Gasteiger partial charge is 0.379 e. The summed E-state index contributed by atoms with van der Waals surface area (Å²) in [5.74, 6) is -0.110. The van der Waals surface area contributed by atoms with Crippen molar-refractivity contribution in [3.8, 4) is 0 Å². The fourth-order valence-corrected chi connectivity index (χ4v) is 8.34. The molecule has 43 heavy (non-hydrogen) atoms. The molecule has 0 radical (unpaired) electrons. The molecule has 3 N–H and O–H groups in total. The van der Waals surface area contributed by atoms with Gasteiger partial charge in [0.15, 0.2) is 0 Å². The Morgan fingerprint density at radius 3 is 2.77 bits per heavy atom. The SMILES string of the molecule is CPC1C(C)C(CN(CCCCc2nc3ccc(C(C)(F)F)cc3[nH]2)C(C)O)CC1n1ccc2c(NC3CC3)ncnc21. The summed E-state index contributed by atoms with van der Waals surface area (Å²) in [4.78, 5) is 19.3. The number of nitrogens with zero attached hydrogens (tertiary/aromatic N) is 5.